The van der Waals surface area contributed by atoms with E-state index in [0.29, 0.717) is 5.82 Å². The smallest absolute Gasteiger partial charge is 0.432 e. The lowest BCUT2D eigenvalue weighted by Crippen LogP contribution is -2.42. The van der Waals surface area contributed by atoms with Gasteiger partial charge in [0, 0.05) is 20.1 Å². The molecule has 1 fully saturated rings. The minimum atomic E-state index is -0.614. The predicted molar refractivity (Wildman–Crippen MR) is 127 cm³/mol. The molecule has 0 spiro atoms. The van der Waals surface area contributed by atoms with Crippen molar-refractivity contribution in [3.8, 4) is 6.57 Å². The minimum Gasteiger partial charge on any atom is -0.432 e. The summed E-state index contributed by atoms with van der Waals surface area (Å²) in [5, 5.41) is 17.8. The summed E-state index contributed by atoms with van der Waals surface area (Å²) < 4.78 is 19.1. The first kappa shape index (κ1) is 27.1. The Balaban J connectivity index is 0.000000970. The second-order valence-corrected chi connectivity index (χ2v) is 8.66. The summed E-state index contributed by atoms with van der Waals surface area (Å²) in [6.07, 6.45) is 6.81. The van der Waals surface area contributed by atoms with E-state index in [1.165, 1.54) is 11.9 Å². The first-order chi connectivity index (χ1) is 16.4. The normalized spacial score (nSPS) is 23.8. The predicted octanol–water partition coefficient (Wildman–Crippen LogP) is 3.96. The molecule has 2 aromatic rings. The summed E-state index contributed by atoms with van der Waals surface area (Å²) in [6, 6.07) is 3.84. The zero-order valence-electron chi connectivity index (χ0n) is 20.3. The Hall–Kier alpha value is -3.16. The number of rotatable bonds is 5. The van der Waals surface area contributed by atoms with Crippen LogP contribution in [0.4, 0.5) is 10.6 Å². The monoisotopic (exact) mass is 473 g/mol. The van der Waals surface area contributed by atoms with Gasteiger partial charge in [0.15, 0.2) is 5.82 Å². The van der Waals surface area contributed by atoms with E-state index in [-0.39, 0.29) is 24.7 Å². The lowest BCUT2D eigenvalue weighted by atomic mass is 9.78. The third kappa shape index (κ3) is 6.04. The Morgan fingerprint density at radius 2 is 2.12 bits per heavy atom. The van der Waals surface area contributed by atoms with Crippen LogP contribution in [-0.4, -0.2) is 51.3 Å². The maximum Gasteiger partial charge on any atom is 0.508 e. The number of nitriles is 1. The van der Waals surface area contributed by atoms with Crippen molar-refractivity contribution in [1.82, 2.24) is 14.6 Å². The van der Waals surface area contributed by atoms with Gasteiger partial charge in [-0.1, -0.05) is 25.5 Å². The van der Waals surface area contributed by atoms with E-state index in [2.05, 4.69) is 43.5 Å². The number of aliphatic hydroxyl groups excluding tert-OH is 1. The van der Waals surface area contributed by atoms with Gasteiger partial charge in [-0.2, -0.15) is 5.10 Å². The van der Waals surface area contributed by atoms with Crippen LogP contribution in [0.2, 0.25) is 0 Å². The van der Waals surface area contributed by atoms with Crippen LogP contribution in [0, 0.1) is 17.8 Å². The molecule has 186 valence electrons. The summed E-state index contributed by atoms with van der Waals surface area (Å²) in [5.41, 5.74) is 8.45. The Morgan fingerprint density at radius 3 is 2.76 bits per heavy atom. The average Bonchev–Trinajstić information content (AvgIpc) is 3.49. The number of hydrogen-bond donors (Lipinski definition) is 2. The van der Waals surface area contributed by atoms with Gasteiger partial charge in [0.1, 0.15) is 30.2 Å². The average molecular weight is 474 g/mol. The summed E-state index contributed by atoms with van der Waals surface area (Å²) >= 11 is 0. The van der Waals surface area contributed by atoms with E-state index in [1.807, 2.05) is 12.1 Å². The number of ether oxygens (including phenoxy) is 3. The van der Waals surface area contributed by atoms with Crippen molar-refractivity contribution in [1.29, 1.82) is 5.26 Å². The van der Waals surface area contributed by atoms with Crippen molar-refractivity contribution in [2.24, 2.45) is 5.92 Å². The fraction of sp³-hybridized carbons (Fsp3) is 0.583. The first-order valence-electron chi connectivity index (χ1n) is 11.3. The summed E-state index contributed by atoms with van der Waals surface area (Å²) in [5.74, 6) is 0.655. The molecule has 3 heterocycles. The number of nitrogen functional groups attached to an aromatic ring is 1. The number of aromatic nitrogens is 3. The standard InChI is InChI=1S/C22H30N4O4.CHN.CH4O/c1-14(2)22(10-8-15(3)9-11-22)30-21(27)28-12-16-4-7-19(29-16)17-5-6-18-20(23)24-13-25-26(17)18;2*1-2/h5-6,8,13-14,16,19H,4,7,9-12H2,1-3H3,(H2,23,24,25);1H;2H,1H3. The maximum absolute atomic E-state index is 12.4. The van der Waals surface area contributed by atoms with E-state index in [9.17, 15) is 4.79 Å². The highest BCUT2D eigenvalue weighted by atomic mass is 16.7. The maximum atomic E-state index is 12.4. The minimum absolute atomic E-state index is 0.125. The fourth-order valence-electron chi connectivity index (χ4n) is 4.31. The molecular weight excluding hydrogens is 438 g/mol. The van der Waals surface area contributed by atoms with Gasteiger partial charge in [-0.05, 0) is 50.7 Å². The van der Waals surface area contributed by atoms with Crippen LogP contribution >= 0.6 is 0 Å². The van der Waals surface area contributed by atoms with Gasteiger partial charge >= 0.3 is 6.16 Å². The van der Waals surface area contributed by atoms with Crippen LogP contribution in [0.15, 0.2) is 30.1 Å². The molecule has 1 aliphatic heterocycles. The molecule has 34 heavy (non-hydrogen) atoms. The van der Waals surface area contributed by atoms with Crippen LogP contribution in [-0.2, 0) is 14.2 Å². The second-order valence-electron chi connectivity index (χ2n) is 8.66. The van der Waals surface area contributed by atoms with Gasteiger partial charge in [-0.15, -0.1) is 0 Å². The van der Waals surface area contributed by atoms with Crippen LogP contribution in [0.25, 0.3) is 5.52 Å². The third-order valence-corrected chi connectivity index (χ3v) is 6.41. The van der Waals surface area contributed by atoms with E-state index < -0.39 is 11.8 Å². The van der Waals surface area contributed by atoms with Gasteiger partial charge < -0.3 is 25.1 Å². The molecule has 0 radical (unpaired) electrons. The molecule has 3 N–H and O–H groups in total. The van der Waals surface area contributed by atoms with Gasteiger partial charge in [-0.3, -0.25) is 0 Å². The van der Waals surface area contributed by atoms with Gasteiger partial charge in [-0.25, -0.2) is 19.6 Å². The molecule has 0 amide bonds. The summed E-state index contributed by atoms with van der Waals surface area (Å²) in [4.78, 5) is 16.4. The Labute approximate surface area is 200 Å². The number of carbonyl (C=O) groups is 1. The Morgan fingerprint density at radius 1 is 1.38 bits per heavy atom. The zero-order chi connectivity index (χ0) is 25.3. The molecule has 0 saturated carbocycles. The van der Waals surface area contributed by atoms with E-state index >= 15 is 0 Å². The molecule has 4 rings (SSSR count). The first-order valence-corrected chi connectivity index (χ1v) is 11.3. The quantitative estimate of drug-likeness (QED) is 0.487. The topological polar surface area (TPSA) is 145 Å². The Bertz CT molecular complexity index is 1000. The number of carbonyl (C=O) groups excluding carboxylic acids is 1. The molecule has 1 aliphatic carbocycles. The number of hydrogen-bond acceptors (Lipinski definition) is 9. The van der Waals surface area contributed by atoms with Crippen molar-refractivity contribution in [3.05, 3.63) is 35.8 Å². The molecule has 0 bridgehead atoms. The summed E-state index contributed by atoms with van der Waals surface area (Å²) in [7, 11) is 1.00. The van der Waals surface area contributed by atoms with Crippen molar-refractivity contribution < 1.29 is 24.1 Å². The number of aliphatic hydroxyl groups is 1. The molecule has 3 unspecified atom stereocenters. The van der Waals surface area contributed by atoms with Crippen LogP contribution in [0.1, 0.15) is 64.7 Å². The van der Waals surface area contributed by atoms with Crippen molar-refractivity contribution in [2.45, 2.75) is 70.7 Å². The van der Waals surface area contributed by atoms with Crippen LogP contribution in [0.3, 0.4) is 0 Å². The molecule has 1 saturated heterocycles. The fourth-order valence-corrected chi connectivity index (χ4v) is 4.31. The summed E-state index contributed by atoms with van der Waals surface area (Å²) in [6.45, 7) is 9.97. The highest BCUT2D eigenvalue weighted by Gasteiger charge is 2.39. The van der Waals surface area contributed by atoms with Crippen LogP contribution < -0.4 is 5.73 Å². The Kier molecular flexibility index (Phi) is 9.83. The largest absolute Gasteiger partial charge is 0.508 e. The van der Waals surface area contributed by atoms with Gasteiger partial charge in [0.05, 0.1) is 11.8 Å². The van der Waals surface area contributed by atoms with Gasteiger partial charge in [0.2, 0.25) is 0 Å². The number of nitrogens with two attached hydrogens (primary N) is 1. The number of anilines is 1. The van der Waals surface area contributed by atoms with E-state index in [1.54, 1.807) is 4.52 Å². The van der Waals surface area contributed by atoms with E-state index in [0.717, 1.165) is 50.4 Å². The van der Waals surface area contributed by atoms with Gasteiger partial charge in [0.25, 0.3) is 0 Å². The zero-order valence-corrected chi connectivity index (χ0v) is 20.3. The third-order valence-electron chi connectivity index (χ3n) is 6.41. The molecule has 2 aliphatic rings. The lowest BCUT2D eigenvalue weighted by Gasteiger charge is -2.38. The molecule has 0 aromatic carbocycles. The van der Waals surface area contributed by atoms with Crippen molar-refractivity contribution in [3.63, 3.8) is 0 Å². The number of fused-ring (bicyclic) bond motifs is 1. The number of nitrogens with zero attached hydrogens (tertiary/aromatic N) is 4. The second kappa shape index (κ2) is 12.3. The molecular formula is C24H35N5O5. The highest BCUT2D eigenvalue weighted by Crippen LogP contribution is 2.38. The molecule has 10 heteroatoms. The SMILES string of the molecule is C#N.CC1=CCC(OC(=O)OCC2CCC(c3ccc4c(N)ncnn34)O2)(C(C)C)CC1.CO. The molecule has 2 aromatic heterocycles. The van der Waals surface area contributed by atoms with Crippen molar-refractivity contribution in [2.75, 3.05) is 19.5 Å². The molecule has 3 atom stereocenters. The van der Waals surface area contributed by atoms with Crippen LogP contribution in [0.5, 0.6) is 0 Å². The number of allylic oxidation sites excluding steroid dienone is 1. The van der Waals surface area contributed by atoms with Crippen molar-refractivity contribution >= 4 is 17.5 Å². The lowest BCUT2D eigenvalue weighted by molar-refractivity contribution is -0.0795. The van der Waals surface area contributed by atoms with E-state index in [4.69, 9.17) is 30.3 Å². The highest BCUT2D eigenvalue weighted by molar-refractivity contribution is 5.65. The molecule has 10 nitrogen and oxygen atoms in total.